The molecule has 0 unspecified atom stereocenters. The van der Waals surface area contributed by atoms with Crippen LogP contribution in [0.5, 0.6) is 0 Å². The van der Waals surface area contributed by atoms with Gasteiger partial charge in [-0.3, -0.25) is 24.2 Å². The molecule has 0 spiro atoms. The summed E-state index contributed by atoms with van der Waals surface area (Å²) in [6, 6.07) is 10.2. The van der Waals surface area contributed by atoms with E-state index in [1.807, 2.05) is 25.1 Å². The molecule has 0 aromatic heterocycles. The van der Waals surface area contributed by atoms with Crippen molar-refractivity contribution in [3.8, 4) is 0 Å². The number of nitrogens with zero attached hydrogens (tertiary/aromatic N) is 2. The number of aryl methyl sites for hydroxylation is 1. The van der Waals surface area contributed by atoms with E-state index < -0.39 is 0 Å². The van der Waals surface area contributed by atoms with Crippen LogP contribution in [-0.2, 0) is 9.59 Å². The highest BCUT2D eigenvalue weighted by atomic mass is 79.9. The highest BCUT2D eigenvalue weighted by Crippen LogP contribution is 2.65. The molecule has 0 radical (unpaired) electrons. The Labute approximate surface area is 215 Å². The number of imide groups is 1. The van der Waals surface area contributed by atoms with Crippen LogP contribution in [0.3, 0.4) is 0 Å². The predicted molar refractivity (Wildman–Crippen MR) is 134 cm³/mol. The van der Waals surface area contributed by atoms with E-state index in [2.05, 4.69) is 28.1 Å². The summed E-state index contributed by atoms with van der Waals surface area (Å²) in [6.45, 7) is 1.75. The van der Waals surface area contributed by atoms with Crippen LogP contribution in [0.1, 0.15) is 22.3 Å². The van der Waals surface area contributed by atoms with Crippen LogP contribution in [0.15, 0.2) is 53.0 Å². The zero-order chi connectivity index (χ0) is 23.9. The first-order chi connectivity index (χ1) is 16.3. The smallest absolute Gasteiger partial charge is 0.259 e. The number of hydrogen-bond acceptors (Lipinski definition) is 3. The number of carbonyl (C=O) groups excluding carboxylic acids is 3. The van der Waals surface area contributed by atoms with Gasteiger partial charge in [0.25, 0.3) is 5.91 Å². The second kappa shape index (κ2) is 7.94. The Morgan fingerprint density at radius 2 is 1.65 bits per heavy atom. The van der Waals surface area contributed by atoms with Gasteiger partial charge in [0, 0.05) is 15.7 Å². The number of halogens is 3. The lowest BCUT2D eigenvalue weighted by Crippen LogP contribution is -2.45. The lowest BCUT2D eigenvalue weighted by atomic mass is 9.63. The van der Waals surface area contributed by atoms with Crippen molar-refractivity contribution in [2.24, 2.45) is 35.5 Å². The Hall–Kier alpha value is -2.15. The average molecular weight is 560 g/mol. The fourth-order valence-corrected chi connectivity index (χ4v) is 7.03. The maximum Gasteiger partial charge on any atom is 0.259 e. The Morgan fingerprint density at radius 3 is 2.24 bits per heavy atom. The fraction of sp³-hybridized carbons (Fsp3) is 0.346. The van der Waals surface area contributed by atoms with E-state index in [9.17, 15) is 14.4 Å². The molecule has 6 atom stereocenters. The second-order valence-corrected chi connectivity index (χ2v) is 11.4. The molecule has 3 amide bonds. The van der Waals surface area contributed by atoms with Gasteiger partial charge in [-0.2, -0.15) is 0 Å². The summed E-state index contributed by atoms with van der Waals surface area (Å²) >= 11 is 15.7. The summed E-state index contributed by atoms with van der Waals surface area (Å²) in [5.74, 6) is 0.0148. The Balaban J connectivity index is 1.37. The van der Waals surface area contributed by atoms with Crippen molar-refractivity contribution in [3.63, 3.8) is 0 Å². The monoisotopic (exact) mass is 558 g/mol. The van der Waals surface area contributed by atoms with Crippen molar-refractivity contribution in [3.05, 3.63) is 74.2 Å². The van der Waals surface area contributed by atoms with Gasteiger partial charge < -0.3 is 0 Å². The third kappa shape index (κ3) is 3.29. The fourth-order valence-electron chi connectivity index (χ4n) is 6.26. The molecule has 1 aliphatic heterocycles. The Morgan fingerprint density at radius 1 is 1.00 bits per heavy atom. The zero-order valence-electron chi connectivity index (χ0n) is 18.3. The van der Waals surface area contributed by atoms with E-state index in [1.165, 1.54) is 15.9 Å². The largest absolute Gasteiger partial charge is 0.289 e. The molecular weight excluding hydrogens is 539 g/mol. The summed E-state index contributed by atoms with van der Waals surface area (Å²) in [4.78, 5) is 43.6. The molecule has 1 heterocycles. The lowest BCUT2D eigenvalue weighted by molar-refractivity contribution is -0.140. The summed E-state index contributed by atoms with van der Waals surface area (Å²) in [6.07, 6.45) is 5.40. The van der Waals surface area contributed by atoms with Crippen molar-refractivity contribution < 1.29 is 14.4 Å². The molecule has 2 saturated carbocycles. The molecule has 7 rings (SSSR count). The Bertz CT molecular complexity index is 1260. The first-order valence-electron chi connectivity index (χ1n) is 11.3. The van der Waals surface area contributed by atoms with Gasteiger partial charge in [-0.25, -0.2) is 0 Å². The molecule has 5 aliphatic rings. The molecule has 34 heavy (non-hydrogen) atoms. The molecule has 1 saturated heterocycles. The van der Waals surface area contributed by atoms with Gasteiger partial charge in [-0.1, -0.05) is 51.3 Å². The van der Waals surface area contributed by atoms with Gasteiger partial charge >= 0.3 is 0 Å². The minimum Gasteiger partial charge on any atom is -0.289 e. The quantitative estimate of drug-likeness (QED) is 0.355. The average Bonchev–Trinajstić information content (AvgIpc) is 3.59. The summed E-state index contributed by atoms with van der Waals surface area (Å²) in [7, 11) is 0. The number of anilines is 1. The number of rotatable bonds is 4. The first kappa shape index (κ1) is 22.3. The number of benzene rings is 2. The highest BCUT2D eigenvalue weighted by molar-refractivity contribution is 9.10. The highest BCUT2D eigenvalue weighted by Gasteiger charge is 2.67. The Kier molecular flexibility index (Phi) is 5.21. The number of allylic oxidation sites excluding steroid dienone is 2. The molecule has 0 N–H and O–H groups in total. The number of likely N-dealkylation sites (tertiary alicyclic amines) is 1. The van der Waals surface area contributed by atoms with Crippen LogP contribution in [0.4, 0.5) is 5.69 Å². The van der Waals surface area contributed by atoms with E-state index in [4.69, 9.17) is 23.2 Å². The maximum absolute atomic E-state index is 13.7. The molecule has 5 nitrogen and oxygen atoms in total. The van der Waals surface area contributed by atoms with Crippen molar-refractivity contribution in [1.82, 2.24) is 4.90 Å². The van der Waals surface area contributed by atoms with Crippen LogP contribution < -0.4 is 4.90 Å². The summed E-state index contributed by atoms with van der Waals surface area (Å²) in [5, 5.41) is 0.612. The number of carbonyl (C=O) groups is 3. The summed E-state index contributed by atoms with van der Waals surface area (Å²) in [5.41, 5.74) is 1.79. The van der Waals surface area contributed by atoms with E-state index >= 15 is 0 Å². The molecule has 4 aliphatic carbocycles. The normalized spacial score (nSPS) is 30.4. The molecule has 3 fully saturated rings. The molecule has 174 valence electrons. The van der Waals surface area contributed by atoms with Crippen molar-refractivity contribution in [2.75, 3.05) is 11.6 Å². The standard InChI is InChI=1S/C26H21BrCl2N2O3/c1-12-8-14(27)3-7-21(12)30(24(32)13-2-6-19(28)20(29)9-13)11-31-25(33)22-15-4-5-16(18-10-17(15)18)23(22)26(31)34/h2-9,15-18,22-23H,10-11H2,1H3/t15-,16-,17-,18+,22-,23+/m1/s1. The first-order valence-corrected chi connectivity index (χ1v) is 12.9. The van der Waals surface area contributed by atoms with Crippen molar-refractivity contribution in [1.29, 1.82) is 0 Å². The topological polar surface area (TPSA) is 57.7 Å². The molecule has 8 heteroatoms. The minimum absolute atomic E-state index is 0.134. The van der Waals surface area contributed by atoms with Crippen molar-refractivity contribution >= 4 is 62.5 Å². The zero-order valence-corrected chi connectivity index (χ0v) is 21.3. The van der Waals surface area contributed by atoms with Gasteiger partial charge in [0.1, 0.15) is 6.67 Å². The SMILES string of the molecule is Cc1cc(Br)ccc1N(CN1C(=O)[C@@H]2[C@@H]3C=C[C@H]([C@@H]4C[C@H]34)[C@@H]2C1=O)C(=O)c1ccc(Cl)c(Cl)c1. The van der Waals surface area contributed by atoms with E-state index in [1.54, 1.807) is 12.1 Å². The van der Waals surface area contributed by atoms with E-state index in [0.29, 0.717) is 28.1 Å². The molecule has 2 bridgehead atoms. The van der Waals surface area contributed by atoms with Gasteiger partial charge in [0.15, 0.2) is 0 Å². The maximum atomic E-state index is 13.7. The summed E-state index contributed by atoms with van der Waals surface area (Å²) < 4.78 is 0.872. The van der Waals surface area contributed by atoms with Gasteiger partial charge in [0.05, 0.1) is 21.9 Å². The van der Waals surface area contributed by atoms with Crippen LogP contribution in [0, 0.1) is 42.4 Å². The van der Waals surface area contributed by atoms with Crippen molar-refractivity contribution in [2.45, 2.75) is 13.3 Å². The number of hydrogen-bond donors (Lipinski definition) is 0. The lowest BCUT2D eigenvalue weighted by Gasteiger charge is -2.37. The van der Waals surface area contributed by atoms with Crippen LogP contribution >= 0.6 is 39.1 Å². The predicted octanol–water partition coefficient (Wildman–Crippen LogP) is 5.72. The molecule has 2 aromatic rings. The van der Waals surface area contributed by atoms with E-state index in [0.717, 1.165) is 16.5 Å². The van der Waals surface area contributed by atoms with Crippen LogP contribution in [0.25, 0.3) is 0 Å². The van der Waals surface area contributed by atoms with Gasteiger partial charge in [-0.15, -0.1) is 0 Å². The van der Waals surface area contributed by atoms with Gasteiger partial charge in [0.2, 0.25) is 11.8 Å². The van der Waals surface area contributed by atoms with Crippen LogP contribution in [-0.4, -0.2) is 29.3 Å². The molecular formula is C26H21BrCl2N2O3. The molecule has 2 aromatic carbocycles. The van der Waals surface area contributed by atoms with Gasteiger partial charge in [-0.05, 0) is 79.0 Å². The number of amides is 3. The third-order valence-corrected chi connectivity index (χ3v) is 9.13. The second-order valence-electron chi connectivity index (χ2n) is 9.69. The van der Waals surface area contributed by atoms with E-state index in [-0.39, 0.29) is 53.1 Å². The minimum atomic E-state index is -0.358. The van der Waals surface area contributed by atoms with Crippen LogP contribution in [0.2, 0.25) is 10.0 Å². The third-order valence-electron chi connectivity index (χ3n) is 7.90.